The van der Waals surface area contributed by atoms with Crippen LogP contribution in [0.3, 0.4) is 0 Å². The Kier molecular flexibility index (Phi) is 1.76. The zero-order valence-corrected chi connectivity index (χ0v) is 5.90. The van der Waals surface area contributed by atoms with E-state index >= 15 is 0 Å². The van der Waals surface area contributed by atoms with Crippen molar-refractivity contribution in [2.75, 3.05) is 0 Å². The summed E-state index contributed by atoms with van der Waals surface area (Å²) in [7, 11) is 0. The van der Waals surface area contributed by atoms with Gasteiger partial charge in [-0.15, -0.1) is 0 Å². The number of alkyl halides is 2. The van der Waals surface area contributed by atoms with E-state index in [-0.39, 0.29) is 0 Å². The van der Waals surface area contributed by atoms with Crippen LogP contribution >= 0.6 is 0 Å². The molecule has 1 aromatic rings. The number of aromatic nitrogens is 1. The van der Waals surface area contributed by atoms with Gasteiger partial charge in [-0.3, -0.25) is 4.79 Å². The van der Waals surface area contributed by atoms with Crippen LogP contribution in [-0.2, 0) is 5.92 Å². The molecule has 0 radical (unpaired) electrons. The number of hydrogen-bond donors (Lipinski definition) is 1. The molecule has 0 aliphatic carbocycles. The van der Waals surface area contributed by atoms with Gasteiger partial charge in [0, 0.05) is 13.1 Å². The van der Waals surface area contributed by atoms with Gasteiger partial charge in [-0.2, -0.15) is 0 Å². The molecule has 0 saturated carbocycles. The minimum atomic E-state index is -3.06. The lowest BCUT2D eigenvalue weighted by Crippen LogP contribution is -2.21. The molecule has 1 heterocycles. The highest BCUT2D eigenvalue weighted by Gasteiger charge is 2.26. The standard InChI is InChI=1S/C7H7F2NO/c1-7(8,9)5-3-2-4-10-6(5)11/h2-4H,1H3,(H,10,11). The molecule has 0 saturated heterocycles. The van der Waals surface area contributed by atoms with Gasteiger partial charge < -0.3 is 4.98 Å². The van der Waals surface area contributed by atoms with Crippen LogP contribution in [0.25, 0.3) is 0 Å². The van der Waals surface area contributed by atoms with Gasteiger partial charge in [0.25, 0.3) is 11.5 Å². The lowest BCUT2D eigenvalue weighted by molar-refractivity contribution is 0.0159. The Labute approximate surface area is 61.9 Å². The van der Waals surface area contributed by atoms with Crippen LogP contribution in [-0.4, -0.2) is 4.98 Å². The molecule has 1 aromatic heterocycles. The van der Waals surface area contributed by atoms with Gasteiger partial charge >= 0.3 is 0 Å². The van der Waals surface area contributed by atoms with Crippen molar-refractivity contribution >= 4 is 0 Å². The first-order valence-electron chi connectivity index (χ1n) is 3.08. The molecule has 11 heavy (non-hydrogen) atoms. The maximum Gasteiger partial charge on any atom is 0.275 e. The summed E-state index contributed by atoms with van der Waals surface area (Å²) in [6, 6.07) is 2.48. The molecule has 0 aromatic carbocycles. The van der Waals surface area contributed by atoms with E-state index in [1.165, 1.54) is 12.3 Å². The van der Waals surface area contributed by atoms with Gasteiger partial charge in [0.2, 0.25) is 0 Å². The van der Waals surface area contributed by atoms with E-state index in [9.17, 15) is 13.6 Å². The molecular weight excluding hydrogens is 152 g/mol. The Morgan fingerprint density at radius 1 is 1.55 bits per heavy atom. The smallest absolute Gasteiger partial charge is 0.275 e. The van der Waals surface area contributed by atoms with Crippen LogP contribution in [0, 0.1) is 0 Å². The second-order valence-corrected chi connectivity index (χ2v) is 2.30. The van der Waals surface area contributed by atoms with Crippen molar-refractivity contribution in [1.82, 2.24) is 4.98 Å². The van der Waals surface area contributed by atoms with Crippen LogP contribution in [0.15, 0.2) is 23.1 Å². The van der Waals surface area contributed by atoms with Crippen LogP contribution in [0.1, 0.15) is 12.5 Å². The number of H-pyrrole nitrogens is 1. The molecule has 1 N–H and O–H groups in total. The van der Waals surface area contributed by atoms with E-state index in [1.54, 1.807) is 0 Å². The highest BCUT2D eigenvalue weighted by Crippen LogP contribution is 2.22. The summed E-state index contributed by atoms with van der Waals surface area (Å²) in [5, 5.41) is 0. The number of hydrogen-bond acceptors (Lipinski definition) is 1. The molecule has 0 atom stereocenters. The first-order valence-corrected chi connectivity index (χ1v) is 3.08. The fraction of sp³-hybridized carbons (Fsp3) is 0.286. The van der Waals surface area contributed by atoms with Crippen LogP contribution < -0.4 is 5.56 Å². The van der Waals surface area contributed by atoms with Crippen molar-refractivity contribution in [1.29, 1.82) is 0 Å². The molecule has 60 valence electrons. The van der Waals surface area contributed by atoms with Crippen LogP contribution in [0.5, 0.6) is 0 Å². The third kappa shape index (κ3) is 1.63. The van der Waals surface area contributed by atoms with Crippen molar-refractivity contribution in [2.24, 2.45) is 0 Å². The molecule has 0 spiro atoms. The average molecular weight is 159 g/mol. The monoisotopic (exact) mass is 159 g/mol. The minimum absolute atomic E-state index is 0.500. The van der Waals surface area contributed by atoms with Crippen molar-refractivity contribution in [2.45, 2.75) is 12.8 Å². The maximum absolute atomic E-state index is 12.5. The number of rotatable bonds is 1. The zero-order valence-electron chi connectivity index (χ0n) is 5.90. The maximum atomic E-state index is 12.5. The first-order chi connectivity index (χ1) is 5.02. The third-order valence-electron chi connectivity index (χ3n) is 1.29. The summed E-state index contributed by atoms with van der Waals surface area (Å²) in [5.41, 5.74) is -1.24. The van der Waals surface area contributed by atoms with E-state index in [2.05, 4.69) is 4.98 Å². The van der Waals surface area contributed by atoms with E-state index in [0.717, 1.165) is 6.07 Å². The SMILES string of the molecule is CC(F)(F)c1ccc[nH]c1=O. The van der Waals surface area contributed by atoms with Crippen molar-refractivity contribution in [3.8, 4) is 0 Å². The fourth-order valence-electron chi connectivity index (χ4n) is 0.767. The molecule has 0 fully saturated rings. The second-order valence-electron chi connectivity index (χ2n) is 2.30. The highest BCUT2D eigenvalue weighted by molar-refractivity contribution is 5.13. The highest BCUT2D eigenvalue weighted by atomic mass is 19.3. The van der Waals surface area contributed by atoms with Gasteiger partial charge in [-0.05, 0) is 12.1 Å². The third-order valence-corrected chi connectivity index (χ3v) is 1.29. The number of pyridine rings is 1. The Bertz CT molecular complexity index is 300. The Balaban J connectivity index is 3.26. The van der Waals surface area contributed by atoms with Gasteiger partial charge in [-0.1, -0.05) is 0 Å². The zero-order chi connectivity index (χ0) is 8.48. The second kappa shape index (κ2) is 2.45. The molecule has 0 aliphatic rings. The largest absolute Gasteiger partial charge is 0.329 e. The quantitative estimate of drug-likeness (QED) is 0.661. The Morgan fingerprint density at radius 3 is 2.55 bits per heavy atom. The van der Waals surface area contributed by atoms with Gasteiger partial charge in [-0.25, -0.2) is 8.78 Å². The van der Waals surface area contributed by atoms with Gasteiger partial charge in [0.15, 0.2) is 0 Å². The van der Waals surface area contributed by atoms with Crippen molar-refractivity contribution in [3.05, 3.63) is 34.2 Å². The minimum Gasteiger partial charge on any atom is -0.329 e. The lowest BCUT2D eigenvalue weighted by Gasteiger charge is -2.07. The molecule has 2 nitrogen and oxygen atoms in total. The average Bonchev–Trinajstić information content (AvgIpc) is 1.86. The van der Waals surface area contributed by atoms with Gasteiger partial charge in [0.1, 0.15) is 0 Å². The summed E-state index contributed by atoms with van der Waals surface area (Å²) >= 11 is 0. The molecule has 4 heteroatoms. The molecule has 1 rings (SSSR count). The van der Waals surface area contributed by atoms with E-state index in [1.807, 2.05) is 0 Å². The van der Waals surface area contributed by atoms with Crippen LogP contribution in [0.2, 0.25) is 0 Å². The lowest BCUT2D eigenvalue weighted by atomic mass is 10.2. The Morgan fingerprint density at radius 2 is 2.18 bits per heavy atom. The van der Waals surface area contributed by atoms with E-state index in [4.69, 9.17) is 0 Å². The molecular formula is C7H7F2NO. The Hall–Kier alpha value is -1.19. The number of aromatic amines is 1. The van der Waals surface area contributed by atoms with Crippen molar-refractivity contribution < 1.29 is 8.78 Å². The summed E-state index contributed by atoms with van der Waals surface area (Å²) in [5.74, 6) is -3.06. The molecule has 0 amide bonds. The normalized spacial score (nSPS) is 11.5. The van der Waals surface area contributed by atoms with E-state index < -0.39 is 17.0 Å². The van der Waals surface area contributed by atoms with Crippen LogP contribution in [0.4, 0.5) is 8.78 Å². The summed E-state index contributed by atoms with van der Waals surface area (Å²) in [6.07, 6.45) is 1.32. The molecule has 0 aliphatic heterocycles. The molecule has 0 unspecified atom stereocenters. The number of nitrogens with one attached hydrogen (secondary N) is 1. The first kappa shape index (κ1) is 7.91. The number of halogens is 2. The fourth-order valence-corrected chi connectivity index (χ4v) is 0.767. The predicted molar refractivity (Wildman–Crippen MR) is 36.6 cm³/mol. The molecule has 0 bridgehead atoms. The van der Waals surface area contributed by atoms with Crippen molar-refractivity contribution in [3.63, 3.8) is 0 Å². The van der Waals surface area contributed by atoms with E-state index in [0.29, 0.717) is 6.92 Å². The topological polar surface area (TPSA) is 32.9 Å². The predicted octanol–water partition coefficient (Wildman–Crippen LogP) is 1.49. The summed E-state index contributed by atoms with van der Waals surface area (Å²) in [4.78, 5) is 12.9. The summed E-state index contributed by atoms with van der Waals surface area (Å²) < 4.78 is 25.0. The summed E-state index contributed by atoms with van der Waals surface area (Å²) in [6.45, 7) is 0.692. The van der Waals surface area contributed by atoms with Gasteiger partial charge in [0.05, 0.1) is 5.56 Å².